The molecule has 2 aromatic heterocycles. The Labute approximate surface area is 188 Å². The molecule has 1 aliphatic rings. The number of fused-ring (bicyclic) bond motifs is 1. The maximum absolute atomic E-state index is 12.7. The van der Waals surface area contributed by atoms with Gasteiger partial charge in [-0.05, 0) is 49.2 Å². The Bertz CT molecular complexity index is 1170. The van der Waals surface area contributed by atoms with Crippen LogP contribution in [0.4, 0.5) is 10.9 Å². The molecule has 8 heteroatoms. The lowest BCUT2D eigenvalue weighted by molar-refractivity contribution is -0.120. The summed E-state index contributed by atoms with van der Waals surface area (Å²) in [5.41, 5.74) is 2.71. The number of para-hydroxylation sites is 1. The number of piperidine rings is 1. The first-order chi connectivity index (χ1) is 15.2. The Kier molecular flexibility index (Phi) is 5.53. The van der Waals surface area contributed by atoms with Gasteiger partial charge in [0, 0.05) is 29.6 Å². The molecular weight excluding hydrogens is 430 g/mol. The molecule has 156 valence electrons. The summed E-state index contributed by atoms with van der Waals surface area (Å²) in [5.74, 6) is 0.857. The molecule has 6 nitrogen and oxygen atoms in total. The largest absolute Gasteiger partial charge is 0.355 e. The molecule has 4 aromatic rings. The number of anilines is 2. The van der Waals surface area contributed by atoms with Gasteiger partial charge in [-0.25, -0.2) is 4.98 Å². The third-order valence-electron chi connectivity index (χ3n) is 5.50. The van der Waals surface area contributed by atoms with Crippen LogP contribution in [0.1, 0.15) is 12.8 Å². The highest BCUT2D eigenvalue weighted by Crippen LogP contribution is 2.28. The first kappa shape index (κ1) is 19.9. The second-order valence-electron chi connectivity index (χ2n) is 7.52. The van der Waals surface area contributed by atoms with Crippen molar-refractivity contribution in [3.05, 3.63) is 65.7 Å². The molecule has 0 unspecified atom stereocenters. The number of nitrogens with zero attached hydrogens (tertiary/aromatic N) is 4. The Morgan fingerprint density at radius 2 is 1.77 bits per heavy atom. The minimum atomic E-state index is -0.0236. The van der Waals surface area contributed by atoms with Crippen LogP contribution < -0.4 is 10.2 Å². The SMILES string of the molecule is O=C(Nc1nc2ccccc2s1)C1CCN(c2ccc(-c3ccc(Cl)cc3)nn2)CC1. The molecule has 0 bridgehead atoms. The maximum Gasteiger partial charge on any atom is 0.229 e. The second kappa shape index (κ2) is 8.61. The van der Waals surface area contributed by atoms with Gasteiger partial charge in [0.1, 0.15) is 0 Å². The van der Waals surface area contributed by atoms with Crippen LogP contribution in [0.2, 0.25) is 5.02 Å². The van der Waals surface area contributed by atoms with Crippen molar-refractivity contribution in [2.45, 2.75) is 12.8 Å². The molecule has 31 heavy (non-hydrogen) atoms. The normalized spacial score (nSPS) is 14.7. The summed E-state index contributed by atoms with van der Waals surface area (Å²) >= 11 is 7.46. The average molecular weight is 450 g/mol. The summed E-state index contributed by atoms with van der Waals surface area (Å²) in [6.07, 6.45) is 1.55. The fourth-order valence-electron chi connectivity index (χ4n) is 3.77. The molecule has 3 heterocycles. The second-order valence-corrected chi connectivity index (χ2v) is 8.99. The van der Waals surface area contributed by atoms with E-state index in [0.29, 0.717) is 10.2 Å². The number of benzene rings is 2. The smallest absolute Gasteiger partial charge is 0.229 e. The number of carbonyl (C=O) groups is 1. The molecular formula is C23H20ClN5OS. The third kappa shape index (κ3) is 4.38. The Hall–Kier alpha value is -3.03. The highest BCUT2D eigenvalue weighted by Gasteiger charge is 2.26. The van der Waals surface area contributed by atoms with E-state index in [2.05, 4.69) is 25.4 Å². The predicted octanol–water partition coefficient (Wildman–Crippen LogP) is 5.26. The van der Waals surface area contributed by atoms with Crippen LogP contribution in [0, 0.1) is 5.92 Å². The van der Waals surface area contributed by atoms with E-state index in [1.807, 2.05) is 60.7 Å². The number of thiazole rings is 1. The number of halogens is 1. The van der Waals surface area contributed by atoms with Crippen LogP contribution in [-0.2, 0) is 4.79 Å². The van der Waals surface area contributed by atoms with Crippen molar-refractivity contribution in [3.8, 4) is 11.3 Å². The number of rotatable bonds is 4. The lowest BCUT2D eigenvalue weighted by Gasteiger charge is -2.31. The summed E-state index contributed by atoms with van der Waals surface area (Å²) in [6, 6.07) is 19.4. The van der Waals surface area contributed by atoms with Crippen molar-refractivity contribution >= 4 is 50.0 Å². The lowest BCUT2D eigenvalue weighted by atomic mass is 9.96. The first-order valence-electron chi connectivity index (χ1n) is 10.2. The zero-order valence-electron chi connectivity index (χ0n) is 16.7. The van der Waals surface area contributed by atoms with Gasteiger partial charge in [0.05, 0.1) is 15.9 Å². The molecule has 0 atom stereocenters. The summed E-state index contributed by atoms with van der Waals surface area (Å²) in [7, 11) is 0. The quantitative estimate of drug-likeness (QED) is 0.460. The van der Waals surface area contributed by atoms with Gasteiger partial charge in [0.25, 0.3) is 0 Å². The molecule has 1 fully saturated rings. The van der Waals surface area contributed by atoms with Crippen LogP contribution >= 0.6 is 22.9 Å². The lowest BCUT2D eigenvalue weighted by Crippen LogP contribution is -2.38. The molecule has 5 rings (SSSR count). The van der Waals surface area contributed by atoms with Crippen molar-refractivity contribution < 1.29 is 4.79 Å². The molecule has 0 aliphatic carbocycles. The van der Waals surface area contributed by atoms with E-state index in [-0.39, 0.29) is 11.8 Å². The minimum Gasteiger partial charge on any atom is -0.355 e. The van der Waals surface area contributed by atoms with Gasteiger partial charge in [-0.3, -0.25) is 4.79 Å². The van der Waals surface area contributed by atoms with Crippen LogP contribution in [-0.4, -0.2) is 34.2 Å². The van der Waals surface area contributed by atoms with Crippen molar-refractivity contribution in [2.75, 3.05) is 23.3 Å². The van der Waals surface area contributed by atoms with E-state index >= 15 is 0 Å². The Balaban J connectivity index is 1.19. The fourth-order valence-corrected chi connectivity index (χ4v) is 4.77. The van der Waals surface area contributed by atoms with Crippen molar-refractivity contribution in [3.63, 3.8) is 0 Å². The van der Waals surface area contributed by atoms with Gasteiger partial charge in [-0.2, -0.15) is 0 Å². The van der Waals surface area contributed by atoms with Crippen LogP contribution in [0.5, 0.6) is 0 Å². The van der Waals surface area contributed by atoms with E-state index in [0.717, 1.165) is 53.2 Å². The van der Waals surface area contributed by atoms with Crippen LogP contribution in [0.3, 0.4) is 0 Å². The van der Waals surface area contributed by atoms with Gasteiger partial charge < -0.3 is 10.2 Å². The van der Waals surface area contributed by atoms with Gasteiger partial charge in [0.15, 0.2) is 10.9 Å². The van der Waals surface area contributed by atoms with E-state index < -0.39 is 0 Å². The van der Waals surface area contributed by atoms with Crippen molar-refractivity contribution in [1.29, 1.82) is 0 Å². The third-order valence-corrected chi connectivity index (χ3v) is 6.71. The number of hydrogen-bond donors (Lipinski definition) is 1. The molecule has 0 saturated carbocycles. The highest BCUT2D eigenvalue weighted by molar-refractivity contribution is 7.22. The summed E-state index contributed by atoms with van der Waals surface area (Å²) in [5, 5.41) is 13.1. The summed E-state index contributed by atoms with van der Waals surface area (Å²) in [6.45, 7) is 1.54. The topological polar surface area (TPSA) is 71.0 Å². The number of aromatic nitrogens is 3. The number of carbonyl (C=O) groups excluding carboxylic acids is 1. The molecule has 1 N–H and O–H groups in total. The van der Waals surface area contributed by atoms with E-state index in [1.165, 1.54) is 11.3 Å². The minimum absolute atomic E-state index is 0.0236. The summed E-state index contributed by atoms with van der Waals surface area (Å²) in [4.78, 5) is 19.4. The number of amides is 1. The van der Waals surface area contributed by atoms with Gasteiger partial charge in [-0.1, -0.05) is 47.2 Å². The van der Waals surface area contributed by atoms with Gasteiger partial charge in [0.2, 0.25) is 5.91 Å². The monoisotopic (exact) mass is 449 g/mol. The number of hydrogen-bond acceptors (Lipinski definition) is 6. The van der Waals surface area contributed by atoms with Crippen molar-refractivity contribution in [2.24, 2.45) is 5.92 Å². The van der Waals surface area contributed by atoms with Crippen LogP contribution in [0.15, 0.2) is 60.7 Å². The maximum atomic E-state index is 12.7. The molecule has 1 aliphatic heterocycles. The Morgan fingerprint density at radius 3 is 2.48 bits per heavy atom. The fraction of sp³-hybridized carbons (Fsp3) is 0.217. The molecule has 2 aromatic carbocycles. The zero-order valence-corrected chi connectivity index (χ0v) is 18.2. The van der Waals surface area contributed by atoms with E-state index in [9.17, 15) is 4.79 Å². The Morgan fingerprint density at radius 1 is 1.00 bits per heavy atom. The zero-order chi connectivity index (χ0) is 21.2. The highest BCUT2D eigenvalue weighted by atomic mass is 35.5. The molecule has 0 spiro atoms. The summed E-state index contributed by atoms with van der Waals surface area (Å²) < 4.78 is 1.08. The van der Waals surface area contributed by atoms with E-state index in [1.54, 1.807) is 0 Å². The van der Waals surface area contributed by atoms with Gasteiger partial charge in [-0.15, -0.1) is 10.2 Å². The standard InChI is InChI=1S/C23H20ClN5OS/c24-17-7-5-15(6-8-17)18-9-10-21(28-27-18)29-13-11-16(12-14-29)22(30)26-23-25-19-3-1-2-4-20(19)31-23/h1-10,16H,11-14H2,(H,25,26,30). The first-order valence-corrected chi connectivity index (χ1v) is 11.4. The van der Waals surface area contributed by atoms with Gasteiger partial charge >= 0.3 is 0 Å². The molecule has 1 amide bonds. The molecule has 1 saturated heterocycles. The number of nitrogens with one attached hydrogen (secondary N) is 1. The average Bonchev–Trinajstić information content (AvgIpc) is 3.22. The van der Waals surface area contributed by atoms with E-state index in [4.69, 9.17) is 11.6 Å². The van der Waals surface area contributed by atoms with Crippen LogP contribution in [0.25, 0.3) is 21.5 Å². The molecule has 0 radical (unpaired) electrons. The predicted molar refractivity (Wildman–Crippen MR) is 126 cm³/mol. The van der Waals surface area contributed by atoms with Crippen molar-refractivity contribution in [1.82, 2.24) is 15.2 Å².